The highest BCUT2D eigenvalue weighted by atomic mass is 35.5. The molecule has 0 radical (unpaired) electrons. The number of hydrogen-bond donors (Lipinski definition) is 2. The largest absolute Gasteiger partial charge is 0.480 e. The Balaban J connectivity index is 1.60. The van der Waals surface area contributed by atoms with E-state index in [0.29, 0.717) is 22.8 Å². The van der Waals surface area contributed by atoms with E-state index >= 15 is 0 Å². The third-order valence-corrected chi connectivity index (χ3v) is 6.94. The fourth-order valence-electron chi connectivity index (χ4n) is 5.89. The van der Waals surface area contributed by atoms with Gasteiger partial charge in [-0.05, 0) is 74.5 Å². The van der Waals surface area contributed by atoms with E-state index in [1.807, 2.05) is 0 Å². The summed E-state index contributed by atoms with van der Waals surface area (Å²) < 4.78 is 0. The van der Waals surface area contributed by atoms with Crippen LogP contribution in [0.5, 0.6) is 0 Å². The maximum Gasteiger partial charge on any atom is 0.326 e. The number of benzene rings is 1. The standard InChI is InChI=1S/C19H21Cl2NO3/c20-13-1-2-14(15(21)6-13)17(23)22-16(18(24)25)19-7-10-3-11(8-19)5-12(4-10)9-19/h1-2,6,10-12,16H,3-5,7-9H2,(H,22,23)(H,24,25). The molecule has 1 unspecified atom stereocenters. The summed E-state index contributed by atoms with van der Waals surface area (Å²) in [5.74, 6) is 0.461. The normalized spacial score (nSPS) is 33.9. The Kier molecular flexibility index (Phi) is 4.24. The summed E-state index contributed by atoms with van der Waals surface area (Å²) in [6.45, 7) is 0. The lowest BCUT2D eigenvalue weighted by atomic mass is 9.47. The molecule has 4 aliphatic carbocycles. The van der Waals surface area contributed by atoms with Crippen LogP contribution in [0.15, 0.2) is 18.2 Å². The Bertz CT molecular complexity index is 698. The number of hydrogen-bond acceptors (Lipinski definition) is 2. The number of carbonyl (C=O) groups is 2. The number of aliphatic carboxylic acids is 1. The van der Waals surface area contributed by atoms with Crippen LogP contribution in [0, 0.1) is 23.2 Å². The van der Waals surface area contributed by atoms with Gasteiger partial charge in [0.2, 0.25) is 0 Å². The van der Waals surface area contributed by atoms with Crippen LogP contribution in [0.25, 0.3) is 0 Å². The number of halogens is 2. The lowest BCUT2D eigenvalue weighted by molar-refractivity contribution is -0.150. The van der Waals surface area contributed by atoms with Gasteiger partial charge < -0.3 is 10.4 Å². The fourth-order valence-corrected chi connectivity index (χ4v) is 6.38. The minimum absolute atomic E-state index is 0.236. The molecule has 134 valence electrons. The average molecular weight is 382 g/mol. The molecule has 4 aliphatic rings. The van der Waals surface area contributed by atoms with Gasteiger partial charge in [0.05, 0.1) is 10.6 Å². The van der Waals surface area contributed by atoms with Crippen LogP contribution in [-0.4, -0.2) is 23.0 Å². The third kappa shape index (κ3) is 3.04. The summed E-state index contributed by atoms with van der Waals surface area (Å²) in [4.78, 5) is 24.7. The number of carbonyl (C=O) groups excluding carboxylic acids is 1. The summed E-state index contributed by atoms with van der Waals surface area (Å²) in [5.41, 5.74) is -0.0446. The second-order valence-corrected chi connectivity index (χ2v) is 8.99. The van der Waals surface area contributed by atoms with Crippen molar-refractivity contribution < 1.29 is 14.7 Å². The lowest BCUT2D eigenvalue weighted by Gasteiger charge is -2.58. The van der Waals surface area contributed by atoms with Gasteiger partial charge in [-0.2, -0.15) is 0 Å². The number of amides is 1. The summed E-state index contributed by atoms with van der Waals surface area (Å²) >= 11 is 12.0. The molecule has 1 amide bonds. The van der Waals surface area contributed by atoms with Crippen LogP contribution in [0.4, 0.5) is 0 Å². The van der Waals surface area contributed by atoms with E-state index in [1.54, 1.807) is 12.1 Å². The SMILES string of the molecule is O=C(NC(C(=O)O)C12CC3CC(CC(C3)C1)C2)c1ccc(Cl)cc1Cl. The number of nitrogens with one attached hydrogen (secondary N) is 1. The third-order valence-electron chi connectivity index (χ3n) is 6.40. The quantitative estimate of drug-likeness (QED) is 0.812. The minimum atomic E-state index is -0.944. The highest BCUT2D eigenvalue weighted by Crippen LogP contribution is 2.61. The molecule has 6 heteroatoms. The molecule has 1 atom stereocenters. The van der Waals surface area contributed by atoms with Crippen molar-refractivity contribution in [3.05, 3.63) is 33.8 Å². The van der Waals surface area contributed by atoms with E-state index in [9.17, 15) is 14.7 Å². The van der Waals surface area contributed by atoms with Gasteiger partial charge in [-0.15, -0.1) is 0 Å². The van der Waals surface area contributed by atoms with Gasteiger partial charge in [0.25, 0.3) is 5.91 Å². The van der Waals surface area contributed by atoms with Crippen molar-refractivity contribution >= 4 is 35.1 Å². The predicted molar refractivity (Wildman–Crippen MR) is 96.0 cm³/mol. The molecule has 5 rings (SSSR count). The summed E-state index contributed by atoms with van der Waals surface area (Å²) in [7, 11) is 0. The summed E-state index contributed by atoms with van der Waals surface area (Å²) in [5, 5.41) is 13.3. The Labute approximate surface area is 156 Å². The Morgan fingerprint density at radius 2 is 1.64 bits per heavy atom. The second-order valence-electron chi connectivity index (χ2n) is 8.15. The number of carboxylic acid groups (broad SMARTS) is 1. The zero-order valence-electron chi connectivity index (χ0n) is 13.8. The van der Waals surface area contributed by atoms with Gasteiger partial charge in [-0.1, -0.05) is 23.2 Å². The molecule has 1 aromatic rings. The van der Waals surface area contributed by atoms with Crippen molar-refractivity contribution in [3.63, 3.8) is 0 Å². The van der Waals surface area contributed by atoms with Gasteiger partial charge in [0.15, 0.2) is 0 Å². The van der Waals surface area contributed by atoms with Crippen LogP contribution in [0.1, 0.15) is 48.9 Å². The van der Waals surface area contributed by atoms with Crippen LogP contribution < -0.4 is 5.32 Å². The van der Waals surface area contributed by atoms with Crippen LogP contribution in [-0.2, 0) is 4.79 Å². The zero-order valence-corrected chi connectivity index (χ0v) is 15.3. The van der Waals surface area contributed by atoms with Gasteiger partial charge in [0, 0.05) is 10.4 Å². The van der Waals surface area contributed by atoms with Crippen molar-refractivity contribution in [2.24, 2.45) is 23.2 Å². The second kappa shape index (κ2) is 6.17. The smallest absolute Gasteiger partial charge is 0.326 e. The van der Waals surface area contributed by atoms with Gasteiger partial charge in [0.1, 0.15) is 6.04 Å². The predicted octanol–water partition coefficient (Wildman–Crippen LogP) is 4.39. The van der Waals surface area contributed by atoms with E-state index < -0.39 is 17.9 Å². The van der Waals surface area contributed by atoms with Crippen LogP contribution in [0.2, 0.25) is 10.0 Å². The number of carboxylic acids is 1. The first kappa shape index (κ1) is 17.2. The summed E-state index contributed by atoms with van der Waals surface area (Å²) in [6.07, 6.45) is 6.40. The molecule has 0 spiro atoms. The monoisotopic (exact) mass is 381 g/mol. The molecule has 0 aromatic heterocycles. The topological polar surface area (TPSA) is 66.4 Å². The Morgan fingerprint density at radius 1 is 1.08 bits per heavy atom. The first-order chi connectivity index (χ1) is 11.9. The highest BCUT2D eigenvalue weighted by Gasteiger charge is 2.56. The molecule has 0 aliphatic heterocycles. The van der Waals surface area contributed by atoms with Crippen LogP contribution >= 0.6 is 23.2 Å². The molecular weight excluding hydrogens is 361 g/mol. The molecule has 4 nitrogen and oxygen atoms in total. The molecular formula is C19H21Cl2NO3. The highest BCUT2D eigenvalue weighted by molar-refractivity contribution is 6.36. The van der Waals surface area contributed by atoms with Gasteiger partial charge in [-0.25, -0.2) is 4.79 Å². The lowest BCUT2D eigenvalue weighted by Crippen LogP contribution is -2.59. The molecule has 4 saturated carbocycles. The molecule has 4 bridgehead atoms. The Hall–Kier alpha value is -1.26. The maximum atomic E-state index is 12.7. The first-order valence-corrected chi connectivity index (χ1v) is 9.60. The van der Waals surface area contributed by atoms with Crippen molar-refractivity contribution in [1.29, 1.82) is 0 Å². The van der Waals surface area contributed by atoms with Crippen molar-refractivity contribution in [2.75, 3.05) is 0 Å². The number of rotatable bonds is 4. The molecule has 25 heavy (non-hydrogen) atoms. The van der Waals surface area contributed by atoms with Crippen LogP contribution in [0.3, 0.4) is 0 Å². The molecule has 0 heterocycles. The zero-order chi connectivity index (χ0) is 17.8. The molecule has 4 fully saturated rings. The first-order valence-electron chi connectivity index (χ1n) is 8.85. The fraction of sp³-hybridized carbons (Fsp3) is 0.579. The van der Waals surface area contributed by atoms with E-state index in [4.69, 9.17) is 23.2 Å². The van der Waals surface area contributed by atoms with Crippen molar-refractivity contribution in [3.8, 4) is 0 Å². The minimum Gasteiger partial charge on any atom is -0.480 e. The summed E-state index contributed by atoms with van der Waals surface area (Å²) in [6, 6.07) is 3.76. The maximum absolute atomic E-state index is 12.7. The van der Waals surface area contributed by atoms with Crippen molar-refractivity contribution in [1.82, 2.24) is 5.32 Å². The van der Waals surface area contributed by atoms with Gasteiger partial charge in [-0.3, -0.25) is 4.79 Å². The average Bonchev–Trinajstić information content (AvgIpc) is 2.50. The molecule has 0 saturated heterocycles. The van der Waals surface area contributed by atoms with E-state index in [0.717, 1.165) is 19.3 Å². The molecule has 2 N–H and O–H groups in total. The van der Waals surface area contributed by atoms with Gasteiger partial charge >= 0.3 is 5.97 Å². The van der Waals surface area contributed by atoms with E-state index in [1.165, 1.54) is 25.3 Å². The Morgan fingerprint density at radius 3 is 2.12 bits per heavy atom. The van der Waals surface area contributed by atoms with E-state index in [2.05, 4.69) is 5.32 Å². The van der Waals surface area contributed by atoms with E-state index in [-0.39, 0.29) is 16.0 Å². The van der Waals surface area contributed by atoms with Crippen molar-refractivity contribution in [2.45, 2.75) is 44.6 Å². The molecule has 1 aromatic carbocycles.